The van der Waals surface area contributed by atoms with Crippen molar-refractivity contribution in [1.82, 2.24) is 0 Å². The van der Waals surface area contributed by atoms with Crippen LogP contribution in [-0.4, -0.2) is 15.3 Å². The average Bonchev–Trinajstić information content (AvgIpc) is 2.35. The second-order valence-corrected chi connectivity index (χ2v) is 4.27. The molecule has 17 heavy (non-hydrogen) atoms. The molecular formula is C14H12O3. The van der Waals surface area contributed by atoms with E-state index < -0.39 is 0 Å². The lowest BCUT2D eigenvalue weighted by Gasteiger charge is -2.16. The Kier molecular flexibility index (Phi) is 2.01. The van der Waals surface area contributed by atoms with Gasteiger partial charge in [0.05, 0.1) is 0 Å². The van der Waals surface area contributed by atoms with Gasteiger partial charge in [-0.05, 0) is 36.6 Å². The lowest BCUT2D eigenvalue weighted by Crippen LogP contribution is -1.98. The summed E-state index contributed by atoms with van der Waals surface area (Å²) >= 11 is 0. The van der Waals surface area contributed by atoms with Crippen LogP contribution in [0.2, 0.25) is 0 Å². The second kappa shape index (κ2) is 3.42. The van der Waals surface area contributed by atoms with Crippen LogP contribution in [0.4, 0.5) is 0 Å². The Hall–Kier alpha value is -2.16. The Labute approximate surface area is 98.3 Å². The topological polar surface area (TPSA) is 60.7 Å². The standard InChI is InChI=1S/C14H12O3/c15-12-6-5-10-11(14(12)17)7-8-3-1-2-4-9(8)13(10)16/h1-2,5-7,15-17H,3-4H2. The summed E-state index contributed by atoms with van der Waals surface area (Å²) in [5.74, 6) is -0.129. The minimum atomic E-state index is -0.171. The van der Waals surface area contributed by atoms with Crippen molar-refractivity contribution in [2.24, 2.45) is 0 Å². The van der Waals surface area contributed by atoms with Crippen molar-refractivity contribution in [1.29, 1.82) is 0 Å². The highest BCUT2D eigenvalue weighted by atomic mass is 16.3. The van der Waals surface area contributed by atoms with E-state index >= 15 is 0 Å². The van der Waals surface area contributed by atoms with E-state index in [1.54, 1.807) is 6.07 Å². The largest absolute Gasteiger partial charge is 0.507 e. The summed E-state index contributed by atoms with van der Waals surface area (Å²) in [4.78, 5) is 0. The second-order valence-electron chi connectivity index (χ2n) is 4.27. The van der Waals surface area contributed by atoms with E-state index in [9.17, 15) is 15.3 Å². The van der Waals surface area contributed by atoms with Gasteiger partial charge in [-0.3, -0.25) is 0 Å². The highest BCUT2D eigenvalue weighted by Crippen LogP contribution is 2.41. The number of rotatable bonds is 0. The Bertz CT molecular complexity index is 642. The first-order valence-electron chi connectivity index (χ1n) is 5.52. The zero-order chi connectivity index (χ0) is 12.0. The van der Waals surface area contributed by atoms with Crippen LogP contribution >= 0.6 is 0 Å². The molecule has 1 aliphatic rings. The smallest absolute Gasteiger partial charge is 0.165 e. The molecule has 0 aromatic heterocycles. The van der Waals surface area contributed by atoms with Crippen molar-refractivity contribution in [2.45, 2.75) is 12.8 Å². The first kappa shape index (κ1) is 10.0. The lowest BCUT2D eigenvalue weighted by atomic mass is 9.91. The van der Waals surface area contributed by atoms with E-state index in [1.165, 1.54) is 6.07 Å². The summed E-state index contributed by atoms with van der Waals surface area (Å²) in [6.45, 7) is 0. The van der Waals surface area contributed by atoms with Gasteiger partial charge in [0, 0.05) is 16.3 Å². The molecule has 0 heterocycles. The molecule has 1 aliphatic carbocycles. The molecule has 3 nitrogen and oxygen atoms in total. The minimum absolute atomic E-state index is 0.164. The first-order chi connectivity index (χ1) is 8.18. The quantitative estimate of drug-likeness (QED) is 0.480. The molecule has 0 saturated carbocycles. The molecule has 0 fully saturated rings. The van der Waals surface area contributed by atoms with Gasteiger partial charge in [-0.1, -0.05) is 12.2 Å². The summed E-state index contributed by atoms with van der Waals surface area (Å²) in [5, 5.41) is 30.5. The molecule has 0 radical (unpaired) electrons. The molecule has 0 bridgehead atoms. The summed E-state index contributed by atoms with van der Waals surface area (Å²) < 4.78 is 0. The molecule has 0 aliphatic heterocycles. The lowest BCUT2D eigenvalue weighted by molar-refractivity contribution is 0.408. The number of benzene rings is 2. The third kappa shape index (κ3) is 1.35. The average molecular weight is 228 g/mol. The van der Waals surface area contributed by atoms with Crippen molar-refractivity contribution in [3.8, 4) is 17.2 Å². The molecule has 3 heteroatoms. The maximum absolute atomic E-state index is 10.2. The SMILES string of the molecule is Oc1ccc2c(O)c3c(cc2c1O)CC=CC3. The van der Waals surface area contributed by atoms with Crippen molar-refractivity contribution in [3.63, 3.8) is 0 Å². The van der Waals surface area contributed by atoms with Gasteiger partial charge in [0.1, 0.15) is 5.75 Å². The van der Waals surface area contributed by atoms with E-state index in [1.807, 2.05) is 18.2 Å². The third-order valence-corrected chi connectivity index (χ3v) is 3.27. The zero-order valence-corrected chi connectivity index (χ0v) is 9.14. The fourth-order valence-corrected chi connectivity index (χ4v) is 2.35. The van der Waals surface area contributed by atoms with Crippen LogP contribution in [-0.2, 0) is 12.8 Å². The van der Waals surface area contributed by atoms with Crippen LogP contribution < -0.4 is 0 Å². The molecule has 0 spiro atoms. The molecule has 3 rings (SSSR count). The minimum Gasteiger partial charge on any atom is -0.507 e. The predicted molar refractivity (Wildman–Crippen MR) is 65.5 cm³/mol. The first-order valence-corrected chi connectivity index (χ1v) is 5.52. The van der Waals surface area contributed by atoms with Crippen LogP contribution in [0.25, 0.3) is 10.8 Å². The van der Waals surface area contributed by atoms with Gasteiger partial charge >= 0.3 is 0 Å². The number of hydrogen-bond acceptors (Lipinski definition) is 3. The Morgan fingerprint density at radius 3 is 2.41 bits per heavy atom. The Morgan fingerprint density at radius 1 is 0.824 bits per heavy atom. The van der Waals surface area contributed by atoms with Crippen LogP contribution in [0.1, 0.15) is 11.1 Å². The van der Waals surface area contributed by atoms with Crippen LogP contribution in [0.3, 0.4) is 0 Å². The van der Waals surface area contributed by atoms with Gasteiger partial charge in [-0.2, -0.15) is 0 Å². The van der Waals surface area contributed by atoms with Gasteiger partial charge in [-0.15, -0.1) is 0 Å². The van der Waals surface area contributed by atoms with E-state index in [0.717, 1.165) is 17.5 Å². The number of aromatic hydroxyl groups is 3. The van der Waals surface area contributed by atoms with E-state index in [-0.39, 0.29) is 17.2 Å². The summed E-state index contributed by atoms with van der Waals surface area (Å²) in [5.41, 5.74) is 1.91. The van der Waals surface area contributed by atoms with Crippen molar-refractivity contribution in [3.05, 3.63) is 41.5 Å². The maximum Gasteiger partial charge on any atom is 0.165 e. The monoisotopic (exact) mass is 228 g/mol. The molecule has 0 saturated heterocycles. The van der Waals surface area contributed by atoms with Crippen molar-refractivity contribution in [2.75, 3.05) is 0 Å². The number of allylic oxidation sites excluding steroid dienone is 2. The number of hydrogen-bond donors (Lipinski definition) is 3. The van der Waals surface area contributed by atoms with Gasteiger partial charge in [-0.25, -0.2) is 0 Å². The molecule has 86 valence electrons. The fraction of sp³-hybridized carbons (Fsp3) is 0.143. The molecule has 3 N–H and O–H groups in total. The third-order valence-electron chi connectivity index (χ3n) is 3.27. The molecule has 0 unspecified atom stereocenters. The van der Waals surface area contributed by atoms with Gasteiger partial charge in [0.25, 0.3) is 0 Å². The summed E-state index contributed by atoms with van der Waals surface area (Å²) in [6, 6.07) is 4.85. The van der Waals surface area contributed by atoms with Crippen LogP contribution in [0.5, 0.6) is 17.2 Å². The number of fused-ring (bicyclic) bond motifs is 2. The van der Waals surface area contributed by atoms with Crippen LogP contribution in [0.15, 0.2) is 30.4 Å². The van der Waals surface area contributed by atoms with Gasteiger partial charge in [0.2, 0.25) is 0 Å². The molecule has 0 atom stereocenters. The van der Waals surface area contributed by atoms with E-state index in [2.05, 4.69) is 0 Å². The molecule has 2 aromatic carbocycles. The normalized spacial score (nSPS) is 13.9. The molecule has 0 amide bonds. The highest BCUT2D eigenvalue weighted by Gasteiger charge is 2.16. The summed E-state index contributed by atoms with van der Waals surface area (Å²) in [7, 11) is 0. The number of phenols is 3. The van der Waals surface area contributed by atoms with E-state index in [0.29, 0.717) is 17.2 Å². The van der Waals surface area contributed by atoms with Crippen molar-refractivity contribution >= 4 is 10.8 Å². The number of phenolic OH excluding ortho intramolecular Hbond substituents is 3. The summed E-state index contributed by atoms with van der Waals surface area (Å²) in [6.07, 6.45) is 5.51. The molecular weight excluding hydrogens is 216 g/mol. The molecule has 2 aromatic rings. The van der Waals surface area contributed by atoms with Gasteiger partial charge in [0.15, 0.2) is 11.5 Å². The van der Waals surface area contributed by atoms with Crippen LogP contribution in [0, 0.1) is 0 Å². The van der Waals surface area contributed by atoms with Crippen molar-refractivity contribution < 1.29 is 15.3 Å². The Morgan fingerprint density at radius 2 is 1.59 bits per heavy atom. The van der Waals surface area contributed by atoms with Gasteiger partial charge < -0.3 is 15.3 Å². The maximum atomic E-state index is 10.2. The zero-order valence-electron chi connectivity index (χ0n) is 9.14. The highest BCUT2D eigenvalue weighted by molar-refractivity contribution is 5.96. The Balaban J connectivity index is 2.42. The predicted octanol–water partition coefficient (Wildman–Crippen LogP) is 2.61. The van der Waals surface area contributed by atoms with E-state index in [4.69, 9.17) is 0 Å². The fourth-order valence-electron chi connectivity index (χ4n) is 2.35.